The Kier molecular flexibility index (Phi) is 4.77. The molecule has 0 spiro atoms. The van der Waals surface area contributed by atoms with Gasteiger partial charge in [0.15, 0.2) is 0 Å². The first-order valence-corrected chi connectivity index (χ1v) is 5.41. The van der Waals surface area contributed by atoms with Crippen molar-refractivity contribution in [1.82, 2.24) is 0 Å². The summed E-state index contributed by atoms with van der Waals surface area (Å²) in [6.45, 7) is 0. The zero-order valence-corrected chi connectivity index (χ0v) is 11.1. The van der Waals surface area contributed by atoms with Gasteiger partial charge < -0.3 is 20.9 Å². The number of hydrogen-bond acceptors (Lipinski definition) is 4. The van der Waals surface area contributed by atoms with Crippen LogP contribution in [0.15, 0.2) is 26.8 Å². The highest BCUT2D eigenvalue weighted by Gasteiger charge is 2.07. The van der Waals surface area contributed by atoms with Gasteiger partial charge in [0.1, 0.15) is 11.5 Å². The fraction of sp³-hybridized carbons (Fsp3) is 0.200. The van der Waals surface area contributed by atoms with Crippen molar-refractivity contribution in [2.75, 3.05) is 14.2 Å². The smallest absolute Gasteiger partial charge is 0.211 e. The summed E-state index contributed by atoms with van der Waals surface area (Å²) in [4.78, 5) is 0. The van der Waals surface area contributed by atoms with E-state index in [9.17, 15) is 0 Å². The molecule has 6 nitrogen and oxygen atoms in total. The number of hydrogen-bond donors (Lipinski definition) is 2. The summed E-state index contributed by atoms with van der Waals surface area (Å²) in [5.74, 6) is 1.17. The van der Waals surface area contributed by atoms with Gasteiger partial charge in [-0.1, -0.05) is 0 Å². The van der Waals surface area contributed by atoms with Crippen LogP contribution in [0.5, 0.6) is 11.5 Å². The van der Waals surface area contributed by atoms with E-state index in [-0.39, 0.29) is 5.96 Å². The van der Waals surface area contributed by atoms with Crippen LogP contribution in [0.25, 0.3) is 0 Å². The van der Waals surface area contributed by atoms with Crippen LogP contribution in [0.3, 0.4) is 0 Å². The van der Waals surface area contributed by atoms with E-state index in [4.69, 9.17) is 20.9 Å². The van der Waals surface area contributed by atoms with Crippen LogP contribution >= 0.6 is 15.9 Å². The molecule has 0 atom stereocenters. The molecule has 0 radical (unpaired) electrons. The van der Waals surface area contributed by atoms with Crippen molar-refractivity contribution in [2.24, 2.45) is 21.7 Å². The largest absolute Gasteiger partial charge is 0.496 e. The first-order valence-electron chi connectivity index (χ1n) is 4.62. The number of rotatable bonds is 4. The van der Waals surface area contributed by atoms with Crippen LogP contribution in [-0.4, -0.2) is 26.4 Å². The number of ether oxygens (including phenoxy) is 2. The van der Waals surface area contributed by atoms with E-state index in [0.29, 0.717) is 11.5 Å². The number of nitrogens with two attached hydrogens (primary N) is 2. The van der Waals surface area contributed by atoms with Gasteiger partial charge in [-0.05, 0) is 22.0 Å². The lowest BCUT2D eigenvalue weighted by atomic mass is 10.2. The molecular weight excluding hydrogens is 288 g/mol. The van der Waals surface area contributed by atoms with Gasteiger partial charge in [-0.25, -0.2) is 0 Å². The van der Waals surface area contributed by atoms with Crippen LogP contribution in [0.2, 0.25) is 0 Å². The molecule has 0 saturated carbocycles. The number of nitrogens with zero attached hydrogens (tertiary/aromatic N) is 2. The van der Waals surface area contributed by atoms with Gasteiger partial charge in [-0.3, -0.25) is 0 Å². The minimum atomic E-state index is -0.104. The van der Waals surface area contributed by atoms with Crippen molar-refractivity contribution in [3.05, 3.63) is 22.2 Å². The predicted octanol–water partition coefficient (Wildman–Crippen LogP) is 1.07. The molecule has 1 aromatic carbocycles. The molecule has 0 heterocycles. The second-order valence-corrected chi connectivity index (χ2v) is 3.85. The molecule has 0 saturated heterocycles. The maximum atomic E-state index is 5.20. The van der Waals surface area contributed by atoms with Gasteiger partial charge in [0.05, 0.1) is 24.9 Å². The van der Waals surface area contributed by atoms with Crippen LogP contribution in [-0.2, 0) is 0 Å². The minimum Gasteiger partial charge on any atom is -0.496 e. The second-order valence-electron chi connectivity index (χ2n) is 3.00. The normalized spacial score (nSPS) is 10.3. The summed E-state index contributed by atoms with van der Waals surface area (Å²) in [6, 6.07) is 3.53. The molecule has 0 aromatic heterocycles. The SMILES string of the molecule is COc1cc(OC)c(/C=N/N=C(N)N)cc1Br. The van der Waals surface area contributed by atoms with Gasteiger partial charge in [0.25, 0.3) is 0 Å². The summed E-state index contributed by atoms with van der Waals surface area (Å²) in [5, 5.41) is 7.22. The van der Waals surface area contributed by atoms with Crippen LogP contribution in [0, 0.1) is 0 Å². The van der Waals surface area contributed by atoms with Gasteiger partial charge >= 0.3 is 0 Å². The molecule has 7 heteroatoms. The molecule has 0 bridgehead atoms. The molecular formula is C10H13BrN4O2. The highest BCUT2D eigenvalue weighted by atomic mass is 79.9. The van der Waals surface area contributed by atoms with E-state index >= 15 is 0 Å². The van der Waals surface area contributed by atoms with E-state index in [1.165, 1.54) is 6.21 Å². The molecule has 0 aliphatic carbocycles. The maximum Gasteiger partial charge on any atom is 0.211 e. The molecule has 0 aliphatic heterocycles. The molecule has 0 aliphatic rings. The van der Waals surface area contributed by atoms with Crippen molar-refractivity contribution < 1.29 is 9.47 Å². The molecule has 0 fully saturated rings. The Morgan fingerprint density at radius 1 is 1.24 bits per heavy atom. The molecule has 0 amide bonds. The van der Waals surface area contributed by atoms with E-state index in [2.05, 4.69) is 26.1 Å². The quantitative estimate of drug-likeness (QED) is 0.494. The zero-order valence-electron chi connectivity index (χ0n) is 9.48. The van der Waals surface area contributed by atoms with E-state index in [1.54, 1.807) is 26.4 Å². The van der Waals surface area contributed by atoms with E-state index < -0.39 is 0 Å². The van der Waals surface area contributed by atoms with Crippen molar-refractivity contribution in [2.45, 2.75) is 0 Å². The Labute approximate surface area is 107 Å². The number of guanidine groups is 1. The molecule has 17 heavy (non-hydrogen) atoms. The summed E-state index contributed by atoms with van der Waals surface area (Å²) >= 11 is 3.36. The molecule has 0 unspecified atom stereocenters. The zero-order chi connectivity index (χ0) is 12.8. The van der Waals surface area contributed by atoms with Crippen LogP contribution in [0.1, 0.15) is 5.56 Å². The first-order chi connectivity index (χ1) is 8.08. The van der Waals surface area contributed by atoms with Gasteiger partial charge in [0.2, 0.25) is 5.96 Å². The van der Waals surface area contributed by atoms with Crippen LogP contribution < -0.4 is 20.9 Å². The standard InChI is InChI=1S/C10H13BrN4O2/c1-16-8-4-9(17-2)7(11)3-6(8)5-14-15-10(12)13/h3-5H,1-2H3,(H4,12,13,15)/b14-5+. The lowest BCUT2D eigenvalue weighted by molar-refractivity contribution is 0.392. The average Bonchev–Trinajstić information content (AvgIpc) is 2.29. The van der Waals surface area contributed by atoms with E-state index in [0.717, 1.165) is 10.0 Å². The topological polar surface area (TPSA) is 95.2 Å². The Balaban J connectivity index is 3.11. The van der Waals surface area contributed by atoms with Crippen molar-refractivity contribution in [1.29, 1.82) is 0 Å². The number of benzene rings is 1. The Hall–Kier alpha value is -1.76. The lowest BCUT2D eigenvalue weighted by Gasteiger charge is -2.08. The third kappa shape index (κ3) is 3.63. The highest BCUT2D eigenvalue weighted by Crippen LogP contribution is 2.31. The number of halogens is 1. The predicted molar refractivity (Wildman–Crippen MR) is 70.6 cm³/mol. The Morgan fingerprint density at radius 2 is 1.88 bits per heavy atom. The second kappa shape index (κ2) is 6.09. The Bertz CT molecular complexity index is 456. The van der Waals surface area contributed by atoms with Crippen molar-refractivity contribution in [3.63, 3.8) is 0 Å². The molecule has 1 rings (SSSR count). The summed E-state index contributed by atoms with van der Waals surface area (Å²) in [5.41, 5.74) is 11.0. The minimum absolute atomic E-state index is 0.104. The highest BCUT2D eigenvalue weighted by molar-refractivity contribution is 9.10. The maximum absolute atomic E-state index is 5.20. The summed E-state index contributed by atoms with van der Waals surface area (Å²) in [6.07, 6.45) is 1.49. The molecule has 92 valence electrons. The lowest BCUT2D eigenvalue weighted by Crippen LogP contribution is -2.21. The summed E-state index contributed by atoms with van der Waals surface area (Å²) in [7, 11) is 3.13. The van der Waals surface area contributed by atoms with Crippen molar-refractivity contribution >= 4 is 28.1 Å². The molecule has 4 N–H and O–H groups in total. The van der Waals surface area contributed by atoms with E-state index in [1.807, 2.05) is 0 Å². The third-order valence-corrected chi connectivity index (χ3v) is 2.49. The van der Waals surface area contributed by atoms with Gasteiger partial charge in [-0.2, -0.15) is 5.10 Å². The van der Waals surface area contributed by atoms with Gasteiger partial charge in [-0.15, -0.1) is 5.10 Å². The van der Waals surface area contributed by atoms with Crippen molar-refractivity contribution in [3.8, 4) is 11.5 Å². The van der Waals surface area contributed by atoms with Gasteiger partial charge in [0, 0.05) is 11.6 Å². The Morgan fingerprint density at radius 3 is 2.41 bits per heavy atom. The fourth-order valence-electron chi connectivity index (χ4n) is 1.14. The number of methoxy groups -OCH3 is 2. The average molecular weight is 301 g/mol. The van der Waals surface area contributed by atoms with Crippen LogP contribution in [0.4, 0.5) is 0 Å². The monoisotopic (exact) mass is 300 g/mol. The third-order valence-electron chi connectivity index (χ3n) is 1.87. The fourth-order valence-corrected chi connectivity index (χ4v) is 1.66. The molecule has 1 aromatic rings. The summed E-state index contributed by atoms with van der Waals surface area (Å²) < 4.78 is 11.1. The first kappa shape index (κ1) is 13.3.